The third-order valence-corrected chi connectivity index (χ3v) is 7.40. The number of ether oxygens (including phenoxy) is 12. The second kappa shape index (κ2) is 30.4. The van der Waals surface area contributed by atoms with E-state index < -0.39 is 5.97 Å². The molecule has 1 heterocycles. The molecule has 0 radical (unpaired) electrons. The molecule has 294 valence electrons. The zero-order chi connectivity index (χ0) is 36.6. The maximum absolute atomic E-state index is 12.7. The van der Waals surface area contributed by atoms with Crippen LogP contribution >= 0.6 is 0 Å². The first-order chi connectivity index (χ1) is 25.8. The van der Waals surface area contributed by atoms with Gasteiger partial charge >= 0.3 is 5.97 Å². The molecule has 0 saturated carbocycles. The summed E-state index contributed by atoms with van der Waals surface area (Å²) >= 11 is 0. The molecule has 0 spiro atoms. The van der Waals surface area contributed by atoms with Crippen LogP contribution in [0.25, 0.3) is 0 Å². The number of unbranched alkanes of at least 4 members (excludes halogenated alkanes) is 1. The molecule has 0 bridgehead atoms. The lowest BCUT2D eigenvalue weighted by molar-refractivity contribution is -0.670. The van der Waals surface area contributed by atoms with Gasteiger partial charge < -0.3 is 62.2 Å². The maximum atomic E-state index is 12.7. The zero-order valence-corrected chi connectivity index (χ0v) is 30.9. The van der Waals surface area contributed by atoms with Gasteiger partial charge in [-0.05, 0) is 48.9 Å². The van der Waals surface area contributed by atoms with Crippen LogP contribution in [0.2, 0.25) is 0 Å². The van der Waals surface area contributed by atoms with Gasteiger partial charge in [-0.3, -0.25) is 0 Å². The maximum Gasteiger partial charge on any atom is 0.338 e. The van der Waals surface area contributed by atoms with Crippen LogP contribution in [0.3, 0.4) is 0 Å². The van der Waals surface area contributed by atoms with Crippen molar-refractivity contribution in [2.24, 2.45) is 0 Å². The molecule has 1 aliphatic rings. The molecule has 0 saturated heterocycles. The van der Waals surface area contributed by atoms with Gasteiger partial charge in [0.05, 0.1) is 118 Å². The van der Waals surface area contributed by atoms with E-state index in [0.717, 1.165) is 18.8 Å². The molecule has 2 aromatic rings. The largest absolute Gasteiger partial charge is 0.491 e. The quantitative estimate of drug-likeness (QED) is 0.167. The van der Waals surface area contributed by atoms with Gasteiger partial charge in [0.1, 0.15) is 38.7 Å². The lowest BCUT2D eigenvalue weighted by atomic mass is 10.2. The van der Waals surface area contributed by atoms with Crippen LogP contribution in [0.15, 0.2) is 42.5 Å². The molecule has 0 amide bonds. The highest BCUT2D eigenvalue weighted by Crippen LogP contribution is 2.29. The molecular weight excluding hydrogens is 678 g/mol. The molecule has 2 aromatic carbocycles. The molecule has 0 aromatic heterocycles. The van der Waals surface area contributed by atoms with Crippen molar-refractivity contribution >= 4 is 5.97 Å². The highest BCUT2D eigenvalue weighted by Gasteiger charge is 2.14. The summed E-state index contributed by atoms with van der Waals surface area (Å²) in [6.45, 7) is 12.3. The average molecular weight is 739 g/mol. The van der Waals surface area contributed by atoms with Crippen LogP contribution in [0.4, 0.5) is 0 Å². The summed E-state index contributed by atoms with van der Waals surface area (Å²) in [6.07, 6.45) is 2.47. The second-order valence-electron chi connectivity index (χ2n) is 11.5. The van der Waals surface area contributed by atoms with E-state index in [9.17, 15) is 4.79 Å². The Kier molecular flexibility index (Phi) is 25.4. The van der Waals surface area contributed by atoms with E-state index in [1.807, 2.05) is 12.1 Å². The first-order valence-corrected chi connectivity index (χ1v) is 18.5. The van der Waals surface area contributed by atoms with Gasteiger partial charge in [0.2, 0.25) is 0 Å². The minimum atomic E-state index is -0.496. The lowest BCUT2D eigenvalue weighted by Gasteiger charge is -2.14. The van der Waals surface area contributed by atoms with Crippen LogP contribution < -0.4 is 19.5 Å². The van der Waals surface area contributed by atoms with E-state index in [1.54, 1.807) is 18.2 Å². The summed E-state index contributed by atoms with van der Waals surface area (Å²) in [6, 6.07) is 13.1. The number of quaternary nitrogens is 1. The topological polar surface area (TPSA) is 144 Å². The highest BCUT2D eigenvalue weighted by molar-refractivity contribution is 5.90. The monoisotopic (exact) mass is 738 g/mol. The molecular formula is C38H60NO13+. The Morgan fingerprint density at radius 3 is 1.65 bits per heavy atom. The van der Waals surface area contributed by atoms with Gasteiger partial charge in [-0.25, -0.2) is 4.79 Å². The first-order valence-electron chi connectivity index (χ1n) is 18.5. The fraction of sp³-hybridized carbons (Fsp3) is 0.658. The summed E-state index contributed by atoms with van der Waals surface area (Å²) in [7, 11) is 0. The van der Waals surface area contributed by atoms with Crippen molar-refractivity contribution in [1.29, 1.82) is 0 Å². The third-order valence-electron chi connectivity index (χ3n) is 7.40. The minimum absolute atomic E-state index is 0.0968. The molecule has 0 fully saturated rings. The smallest absolute Gasteiger partial charge is 0.338 e. The van der Waals surface area contributed by atoms with Crippen molar-refractivity contribution in [2.45, 2.75) is 26.3 Å². The van der Waals surface area contributed by atoms with E-state index in [-0.39, 0.29) is 19.8 Å². The number of hydrogen-bond acceptors (Lipinski definition) is 13. The lowest BCUT2D eigenvalue weighted by Crippen LogP contribution is -2.82. The van der Waals surface area contributed by atoms with Crippen molar-refractivity contribution in [1.82, 2.24) is 0 Å². The Hall–Kier alpha value is -3.05. The van der Waals surface area contributed by atoms with Crippen molar-refractivity contribution in [2.75, 3.05) is 139 Å². The van der Waals surface area contributed by atoms with E-state index in [4.69, 9.17) is 56.8 Å². The van der Waals surface area contributed by atoms with Crippen molar-refractivity contribution < 1.29 is 67.0 Å². The van der Waals surface area contributed by atoms with Crippen LogP contribution in [0.5, 0.6) is 17.2 Å². The summed E-state index contributed by atoms with van der Waals surface area (Å²) in [5, 5.41) is 2.33. The third kappa shape index (κ3) is 21.5. The number of benzene rings is 2. The van der Waals surface area contributed by atoms with E-state index in [1.165, 1.54) is 18.4 Å². The Morgan fingerprint density at radius 2 is 1.10 bits per heavy atom. The molecule has 14 heteroatoms. The van der Waals surface area contributed by atoms with Gasteiger partial charge in [-0.2, -0.15) is 0 Å². The van der Waals surface area contributed by atoms with Crippen molar-refractivity contribution in [3.05, 3.63) is 53.6 Å². The molecule has 3 rings (SSSR count). The normalized spacial score (nSPS) is 15.7. The molecule has 2 N–H and O–H groups in total. The van der Waals surface area contributed by atoms with Gasteiger partial charge in [0.15, 0.2) is 11.5 Å². The number of nitrogens with two attached hydrogens (primary N) is 1. The predicted molar refractivity (Wildman–Crippen MR) is 192 cm³/mol. The first kappa shape index (κ1) is 43.4. The van der Waals surface area contributed by atoms with Gasteiger partial charge in [0.25, 0.3) is 0 Å². The van der Waals surface area contributed by atoms with Gasteiger partial charge in [-0.1, -0.05) is 13.3 Å². The van der Waals surface area contributed by atoms with Crippen LogP contribution in [0, 0.1) is 0 Å². The predicted octanol–water partition coefficient (Wildman–Crippen LogP) is 2.69. The molecule has 0 atom stereocenters. The zero-order valence-electron chi connectivity index (χ0n) is 30.9. The van der Waals surface area contributed by atoms with Crippen LogP contribution in [0.1, 0.15) is 35.7 Å². The van der Waals surface area contributed by atoms with E-state index >= 15 is 0 Å². The summed E-state index contributed by atoms with van der Waals surface area (Å²) < 4.78 is 67.1. The van der Waals surface area contributed by atoms with Gasteiger partial charge in [0, 0.05) is 5.56 Å². The molecule has 0 unspecified atom stereocenters. The van der Waals surface area contributed by atoms with Crippen LogP contribution in [-0.4, -0.2) is 145 Å². The fourth-order valence-electron chi connectivity index (χ4n) is 4.65. The SMILES string of the molecule is CCCC[NH2+]Cc1ccc(OCCOCCOCCOCCOC(=O)c2ccc3c(c2)OCCOCCOCCOCCOCCOCCO3)cc1. The molecule has 1 aliphatic heterocycles. The summed E-state index contributed by atoms with van der Waals surface area (Å²) in [4.78, 5) is 12.7. The number of carbonyl (C=O) groups is 1. The number of fused-ring (bicyclic) bond motifs is 1. The molecule has 0 aliphatic carbocycles. The Labute approximate surface area is 308 Å². The summed E-state index contributed by atoms with van der Waals surface area (Å²) in [5.41, 5.74) is 1.62. The Balaban J connectivity index is 1.23. The summed E-state index contributed by atoms with van der Waals surface area (Å²) in [5.74, 6) is 1.23. The Bertz CT molecular complexity index is 1150. The van der Waals surface area contributed by atoms with Crippen LogP contribution in [-0.2, 0) is 49.2 Å². The highest BCUT2D eigenvalue weighted by atomic mass is 16.6. The number of carbonyl (C=O) groups excluding carboxylic acids is 1. The van der Waals surface area contributed by atoms with Crippen molar-refractivity contribution in [3.8, 4) is 17.2 Å². The van der Waals surface area contributed by atoms with Crippen molar-refractivity contribution in [3.63, 3.8) is 0 Å². The molecule has 52 heavy (non-hydrogen) atoms. The standard InChI is InChI=1S/C38H59NO13/c1-2-3-10-39-32-33-4-7-35(8-5-33)49-27-23-45-19-15-44-18-22-48-26-30-52-38(40)34-6-9-36-37(31-34)51-29-25-47-21-17-43-14-12-41-11-13-42-16-20-46-24-28-50-36/h4-9,31,39H,2-3,10-30,32H2,1H3/p+1. The second-order valence-corrected chi connectivity index (χ2v) is 11.5. The van der Waals surface area contributed by atoms with E-state index in [2.05, 4.69) is 24.4 Å². The molecule has 14 nitrogen and oxygen atoms in total. The average Bonchev–Trinajstić information content (AvgIpc) is 3.16. The fourth-order valence-corrected chi connectivity index (χ4v) is 4.65. The minimum Gasteiger partial charge on any atom is -0.491 e. The van der Waals surface area contributed by atoms with Gasteiger partial charge in [-0.15, -0.1) is 0 Å². The van der Waals surface area contributed by atoms with E-state index in [0.29, 0.717) is 129 Å². The number of esters is 1. The number of rotatable bonds is 19. The Morgan fingerprint density at radius 1 is 0.596 bits per heavy atom. The number of hydrogen-bond donors (Lipinski definition) is 1.